The molecule has 1 aliphatic heterocycles. The molecule has 0 spiro atoms. The summed E-state index contributed by atoms with van der Waals surface area (Å²) >= 11 is 1.48. The van der Waals surface area contributed by atoms with Crippen molar-refractivity contribution in [1.29, 1.82) is 0 Å². The number of benzene rings is 2. The van der Waals surface area contributed by atoms with Crippen LogP contribution >= 0.6 is 11.8 Å². The number of fused-ring (bicyclic) bond motifs is 1. The molecule has 128 valence electrons. The SMILES string of the molecule is O=C1CSc2cc(NC(=O)NC(c3ccccc3)C3CC3)ccc2N1. The average Bonchev–Trinajstić information content (AvgIpc) is 3.45. The van der Waals surface area contributed by atoms with Crippen molar-refractivity contribution < 1.29 is 9.59 Å². The highest BCUT2D eigenvalue weighted by molar-refractivity contribution is 8.00. The van der Waals surface area contributed by atoms with Crippen molar-refractivity contribution in [3.63, 3.8) is 0 Å². The van der Waals surface area contributed by atoms with E-state index in [2.05, 4.69) is 28.1 Å². The third-order valence-electron chi connectivity index (χ3n) is 4.41. The van der Waals surface area contributed by atoms with E-state index in [0.29, 0.717) is 11.7 Å². The maximum atomic E-state index is 12.4. The first kappa shape index (κ1) is 16.0. The number of rotatable bonds is 4. The fraction of sp³-hybridized carbons (Fsp3) is 0.263. The van der Waals surface area contributed by atoms with Gasteiger partial charge in [0, 0.05) is 10.6 Å². The molecule has 1 aliphatic carbocycles. The topological polar surface area (TPSA) is 70.2 Å². The molecule has 4 rings (SSSR count). The van der Waals surface area contributed by atoms with Gasteiger partial charge in [-0.3, -0.25) is 4.79 Å². The predicted octanol–water partition coefficient (Wildman–Crippen LogP) is 4.00. The normalized spacial score (nSPS) is 17.2. The molecule has 6 heteroatoms. The molecular weight excluding hydrogens is 334 g/mol. The van der Waals surface area contributed by atoms with E-state index in [9.17, 15) is 9.59 Å². The monoisotopic (exact) mass is 353 g/mol. The van der Waals surface area contributed by atoms with Crippen LogP contribution < -0.4 is 16.0 Å². The van der Waals surface area contributed by atoms with E-state index in [4.69, 9.17) is 0 Å². The highest BCUT2D eigenvalue weighted by atomic mass is 32.2. The van der Waals surface area contributed by atoms with Crippen molar-refractivity contribution in [1.82, 2.24) is 5.32 Å². The van der Waals surface area contributed by atoms with Crippen LogP contribution in [0.25, 0.3) is 0 Å². The van der Waals surface area contributed by atoms with Crippen molar-refractivity contribution in [3.8, 4) is 0 Å². The van der Waals surface area contributed by atoms with Crippen molar-refractivity contribution in [2.75, 3.05) is 16.4 Å². The molecule has 0 radical (unpaired) electrons. The predicted molar refractivity (Wildman–Crippen MR) is 99.9 cm³/mol. The third-order valence-corrected chi connectivity index (χ3v) is 5.47. The molecule has 2 aliphatic rings. The minimum absolute atomic E-state index is 0.00564. The zero-order valence-corrected chi connectivity index (χ0v) is 14.4. The van der Waals surface area contributed by atoms with E-state index in [-0.39, 0.29) is 18.0 Å². The second-order valence-electron chi connectivity index (χ2n) is 6.37. The molecule has 1 heterocycles. The number of thioether (sulfide) groups is 1. The first-order chi connectivity index (χ1) is 12.2. The van der Waals surface area contributed by atoms with Crippen LogP contribution in [-0.2, 0) is 4.79 Å². The Labute approximate surface area is 150 Å². The van der Waals surface area contributed by atoms with Gasteiger partial charge in [-0.15, -0.1) is 11.8 Å². The molecule has 0 saturated heterocycles. The molecule has 25 heavy (non-hydrogen) atoms. The molecule has 1 atom stereocenters. The second-order valence-corrected chi connectivity index (χ2v) is 7.39. The summed E-state index contributed by atoms with van der Waals surface area (Å²) in [5.41, 5.74) is 2.67. The van der Waals surface area contributed by atoms with Gasteiger partial charge in [-0.1, -0.05) is 30.3 Å². The zero-order valence-electron chi connectivity index (χ0n) is 13.6. The van der Waals surface area contributed by atoms with E-state index in [0.717, 1.165) is 34.7 Å². The largest absolute Gasteiger partial charge is 0.331 e. The van der Waals surface area contributed by atoms with Crippen LogP contribution in [0.2, 0.25) is 0 Å². The molecular formula is C19H19N3O2S. The lowest BCUT2D eigenvalue weighted by Gasteiger charge is -2.20. The van der Waals surface area contributed by atoms with Gasteiger partial charge in [0.1, 0.15) is 0 Å². The van der Waals surface area contributed by atoms with E-state index >= 15 is 0 Å². The number of hydrogen-bond acceptors (Lipinski definition) is 3. The maximum absolute atomic E-state index is 12.4. The number of amides is 3. The number of carbonyl (C=O) groups is 2. The summed E-state index contributed by atoms with van der Waals surface area (Å²) < 4.78 is 0. The quantitative estimate of drug-likeness (QED) is 0.778. The van der Waals surface area contributed by atoms with Gasteiger partial charge in [-0.25, -0.2) is 4.79 Å². The number of anilines is 2. The van der Waals surface area contributed by atoms with E-state index in [1.165, 1.54) is 11.8 Å². The Morgan fingerprint density at radius 1 is 1.16 bits per heavy atom. The summed E-state index contributed by atoms with van der Waals surface area (Å²) in [5, 5.41) is 8.84. The fourth-order valence-corrected chi connectivity index (χ4v) is 3.87. The Morgan fingerprint density at radius 3 is 2.72 bits per heavy atom. The van der Waals surface area contributed by atoms with Crippen LogP contribution in [0.1, 0.15) is 24.4 Å². The minimum Gasteiger partial charge on any atom is -0.331 e. The van der Waals surface area contributed by atoms with Gasteiger partial charge < -0.3 is 16.0 Å². The Morgan fingerprint density at radius 2 is 1.96 bits per heavy atom. The summed E-state index contributed by atoms with van der Waals surface area (Å²) in [6, 6.07) is 15.5. The standard InChI is InChI=1S/C19H19N3O2S/c23-17-11-25-16-10-14(8-9-15(16)21-17)20-19(24)22-18(13-6-7-13)12-4-2-1-3-5-12/h1-5,8-10,13,18H,6-7,11H2,(H,21,23)(H2,20,22,24). The Bertz CT molecular complexity index is 806. The van der Waals surface area contributed by atoms with Crippen LogP contribution in [0.15, 0.2) is 53.4 Å². The lowest BCUT2D eigenvalue weighted by Crippen LogP contribution is -2.33. The summed E-state index contributed by atoms with van der Waals surface area (Å²) in [6.07, 6.45) is 2.30. The second kappa shape index (κ2) is 6.80. The molecule has 3 amide bonds. The van der Waals surface area contributed by atoms with Crippen LogP contribution in [0.5, 0.6) is 0 Å². The third kappa shape index (κ3) is 3.79. The van der Waals surface area contributed by atoms with E-state index in [1.54, 1.807) is 6.07 Å². The number of hydrogen-bond donors (Lipinski definition) is 3. The van der Waals surface area contributed by atoms with E-state index < -0.39 is 0 Å². The first-order valence-corrected chi connectivity index (χ1v) is 9.37. The van der Waals surface area contributed by atoms with Gasteiger partial charge in [0.05, 0.1) is 17.5 Å². The van der Waals surface area contributed by atoms with Gasteiger partial charge in [-0.05, 0) is 42.5 Å². The van der Waals surface area contributed by atoms with Crippen LogP contribution in [0.3, 0.4) is 0 Å². The van der Waals surface area contributed by atoms with Crippen molar-refractivity contribution in [2.24, 2.45) is 5.92 Å². The summed E-state index contributed by atoms with van der Waals surface area (Å²) in [6.45, 7) is 0. The smallest absolute Gasteiger partial charge is 0.319 e. The molecule has 0 aromatic heterocycles. The Balaban J connectivity index is 1.44. The Kier molecular flexibility index (Phi) is 4.36. The lowest BCUT2D eigenvalue weighted by molar-refractivity contribution is -0.113. The van der Waals surface area contributed by atoms with Crippen LogP contribution in [0.4, 0.5) is 16.2 Å². The van der Waals surface area contributed by atoms with Gasteiger partial charge in [-0.2, -0.15) is 0 Å². The summed E-state index contributed by atoms with van der Waals surface area (Å²) in [5.74, 6) is 0.925. The minimum atomic E-state index is -0.203. The zero-order chi connectivity index (χ0) is 17.2. The van der Waals surface area contributed by atoms with Gasteiger partial charge in [0.15, 0.2) is 0 Å². The van der Waals surface area contributed by atoms with Crippen molar-refractivity contribution in [3.05, 3.63) is 54.1 Å². The molecule has 3 N–H and O–H groups in total. The molecule has 2 aromatic carbocycles. The fourth-order valence-electron chi connectivity index (χ4n) is 3.02. The molecule has 1 unspecified atom stereocenters. The molecule has 5 nitrogen and oxygen atoms in total. The van der Waals surface area contributed by atoms with Crippen LogP contribution in [-0.4, -0.2) is 17.7 Å². The number of urea groups is 1. The van der Waals surface area contributed by atoms with Gasteiger partial charge in [0.2, 0.25) is 5.91 Å². The van der Waals surface area contributed by atoms with Crippen molar-refractivity contribution in [2.45, 2.75) is 23.8 Å². The van der Waals surface area contributed by atoms with Gasteiger partial charge in [0.25, 0.3) is 0 Å². The lowest BCUT2D eigenvalue weighted by atomic mass is 10.0. The van der Waals surface area contributed by atoms with Gasteiger partial charge >= 0.3 is 6.03 Å². The Hall–Kier alpha value is -2.47. The highest BCUT2D eigenvalue weighted by Gasteiger charge is 2.33. The summed E-state index contributed by atoms with van der Waals surface area (Å²) in [7, 11) is 0. The first-order valence-electron chi connectivity index (χ1n) is 8.38. The maximum Gasteiger partial charge on any atom is 0.319 e. The van der Waals surface area contributed by atoms with Crippen molar-refractivity contribution >= 4 is 35.1 Å². The average molecular weight is 353 g/mol. The highest BCUT2D eigenvalue weighted by Crippen LogP contribution is 2.41. The number of carbonyl (C=O) groups excluding carboxylic acids is 2. The molecule has 1 fully saturated rings. The molecule has 1 saturated carbocycles. The van der Waals surface area contributed by atoms with E-state index in [1.807, 2.05) is 30.3 Å². The molecule has 2 aromatic rings. The molecule has 0 bridgehead atoms. The summed E-state index contributed by atoms with van der Waals surface area (Å²) in [4.78, 5) is 24.8. The number of nitrogens with one attached hydrogen (secondary N) is 3. The van der Waals surface area contributed by atoms with Crippen LogP contribution in [0, 0.1) is 5.92 Å².